The molecule has 0 heterocycles. The molecule has 0 aromatic heterocycles. The summed E-state index contributed by atoms with van der Waals surface area (Å²) in [6.07, 6.45) is 1.86. The third kappa shape index (κ3) is 6.45. The summed E-state index contributed by atoms with van der Waals surface area (Å²) < 4.78 is 0. The van der Waals surface area contributed by atoms with E-state index in [1.807, 2.05) is 32.0 Å². The molecule has 1 aromatic rings. The molecular weight excluding hydrogens is 244 g/mol. The lowest BCUT2D eigenvalue weighted by molar-refractivity contribution is -0.118. The van der Waals surface area contributed by atoms with E-state index >= 15 is 0 Å². The van der Waals surface area contributed by atoms with Crippen LogP contribution in [0, 0.1) is 0 Å². The van der Waals surface area contributed by atoms with Gasteiger partial charge in [-0.3, -0.25) is 4.79 Å². The van der Waals surface area contributed by atoms with Crippen molar-refractivity contribution in [2.45, 2.75) is 26.7 Å². The van der Waals surface area contributed by atoms with Crippen molar-refractivity contribution in [3.63, 3.8) is 0 Å². The van der Waals surface area contributed by atoms with Crippen LogP contribution in [0.3, 0.4) is 0 Å². The fourth-order valence-corrected chi connectivity index (χ4v) is 2.04. The number of aryl methyl sites for hydroxylation is 1. The van der Waals surface area contributed by atoms with Gasteiger partial charge in [0.05, 0.1) is 5.75 Å². The first-order chi connectivity index (χ1) is 8.72. The van der Waals surface area contributed by atoms with Crippen LogP contribution in [0.4, 0.5) is 0 Å². The predicted molar refractivity (Wildman–Crippen MR) is 79.0 cm³/mol. The van der Waals surface area contributed by atoms with E-state index in [0.29, 0.717) is 5.75 Å². The summed E-state index contributed by atoms with van der Waals surface area (Å²) >= 11 is 1.63. The number of hydrogen-bond donors (Lipinski definition) is 1. The van der Waals surface area contributed by atoms with Crippen molar-refractivity contribution in [2.24, 2.45) is 5.10 Å². The molecule has 0 spiro atoms. The van der Waals surface area contributed by atoms with Crippen LogP contribution >= 0.6 is 11.8 Å². The summed E-state index contributed by atoms with van der Waals surface area (Å²) in [5.41, 5.74) is 4.81. The Hall–Kier alpha value is -1.29. The van der Waals surface area contributed by atoms with Gasteiger partial charge in [0.15, 0.2) is 0 Å². The first kappa shape index (κ1) is 14.8. The first-order valence-electron chi connectivity index (χ1n) is 6.16. The number of amides is 1. The predicted octanol–water partition coefficient (Wildman–Crippen LogP) is 2.86. The molecular formula is C14H20N2OS. The van der Waals surface area contributed by atoms with E-state index in [9.17, 15) is 4.79 Å². The van der Waals surface area contributed by atoms with E-state index in [4.69, 9.17) is 0 Å². The van der Waals surface area contributed by atoms with Gasteiger partial charge in [0, 0.05) is 5.71 Å². The Kier molecular flexibility index (Phi) is 7.18. The second kappa shape index (κ2) is 8.75. The van der Waals surface area contributed by atoms with Gasteiger partial charge in [0.2, 0.25) is 5.91 Å². The SMILES string of the molecule is CC/C(C)=N\NC(=O)CSCCc1ccccc1. The van der Waals surface area contributed by atoms with Gasteiger partial charge in [-0.05, 0) is 31.1 Å². The Morgan fingerprint density at radius 3 is 2.72 bits per heavy atom. The molecule has 0 unspecified atom stereocenters. The highest BCUT2D eigenvalue weighted by molar-refractivity contribution is 7.99. The normalized spacial score (nSPS) is 11.3. The molecule has 0 saturated carbocycles. The quantitative estimate of drug-likeness (QED) is 0.467. The van der Waals surface area contributed by atoms with Crippen molar-refractivity contribution in [3.8, 4) is 0 Å². The largest absolute Gasteiger partial charge is 0.272 e. The van der Waals surface area contributed by atoms with E-state index in [-0.39, 0.29) is 5.91 Å². The van der Waals surface area contributed by atoms with Gasteiger partial charge in [-0.1, -0.05) is 37.3 Å². The highest BCUT2D eigenvalue weighted by atomic mass is 32.2. The molecule has 1 rings (SSSR count). The minimum Gasteiger partial charge on any atom is -0.272 e. The smallest absolute Gasteiger partial charge is 0.250 e. The Balaban J connectivity index is 2.13. The van der Waals surface area contributed by atoms with Crippen molar-refractivity contribution >= 4 is 23.4 Å². The monoisotopic (exact) mass is 264 g/mol. The van der Waals surface area contributed by atoms with E-state index in [1.165, 1.54) is 5.56 Å². The lowest BCUT2D eigenvalue weighted by Gasteiger charge is -2.02. The van der Waals surface area contributed by atoms with Crippen LogP contribution in [0.1, 0.15) is 25.8 Å². The second-order valence-electron chi connectivity index (χ2n) is 4.02. The van der Waals surface area contributed by atoms with Gasteiger partial charge in [0.25, 0.3) is 0 Å². The molecule has 3 nitrogen and oxygen atoms in total. The molecule has 0 aliphatic carbocycles. The molecule has 0 atom stereocenters. The van der Waals surface area contributed by atoms with Gasteiger partial charge in [0.1, 0.15) is 0 Å². The summed E-state index contributed by atoms with van der Waals surface area (Å²) in [4.78, 5) is 11.4. The maximum absolute atomic E-state index is 11.4. The zero-order chi connectivity index (χ0) is 13.2. The first-order valence-corrected chi connectivity index (χ1v) is 7.31. The van der Waals surface area contributed by atoms with E-state index in [0.717, 1.165) is 24.3 Å². The molecule has 0 fully saturated rings. The van der Waals surface area contributed by atoms with Crippen molar-refractivity contribution in [1.29, 1.82) is 0 Å². The lowest BCUT2D eigenvalue weighted by Crippen LogP contribution is -2.21. The van der Waals surface area contributed by atoms with Gasteiger partial charge in [-0.15, -0.1) is 0 Å². The maximum atomic E-state index is 11.4. The number of carbonyl (C=O) groups is 1. The van der Waals surface area contributed by atoms with Crippen molar-refractivity contribution < 1.29 is 4.79 Å². The van der Waals surface area contributed by atoms with Crippen LogP contribution in [-0.4, -0.2) is 23.1 Å². The molecule has 0 aliphatic rings. The van der Waals surface area contributed by atoms with Gasteiger partial charge in [-0.25, -0.2) is 5.43 Å². The number of carbonyl (C=O) groups excluding carboxylic acids is 1. The second-order valence-corrected chi connectivity index (χ2v) is 5.13. The Labute approximate surface area is 113 Å². The minimum atomic E-state index is -0.0270. The van der Waals surface area contributed by atoms with Crippen LogP contribution in [0.25, 0.3) is 0 Å². The number of hydrazone groups is 1. The Morgan fingerprint density at radius 1 is 1.33 bits per heavy atom. The summed E-state index contributed by atoms with van der Waals surface area (Å²) in [6, 6.07) is 10.3. The van der Waals surface area contributed by atoms with Crippen molar-refractivity contribution in [2.75, 3.05) is 11.5 Å². The molecule has 0 radical (unpaired) electrons. The fourth-order valence-electron chi connectivity index (χ4n) is 1.27. The number of rotatable bonds is 7. The van der Waals surface area contributed by atoms with E-state index < -0.39 is 0 Å². The third-order valence-corrected chi connectivity index (χ3v) is 3.45. The number of benzene rings is 1. The minimum absolute atomic E-state index is 0.0270. The fraction of sp³-hybridized carbons (Fsp3) is 0.429. The summed E-state index contributed by atoms with van der Waals surface area (Å²) in [6.45, 7) is 3.92. The molecule has 98 valence electrons. The Bertz CT molecular complexity index is 390. The average molecular weight is 264 g/mol. The topological polar surface area (TPSA) is 41.5 Å². The number of hydrogen-bond acceptors (Lipinski definition) is 3. The highest BCUT2D eigenvalue weighted by Gasteiger charge is 2.00. The van der Waals surface area contributed by atoms with Gasteiger partial charge >= 0.3 is 0 Å². The maximum Gasteiger partial charge on any atom is 0.250 e. The summed E-state index contributed by atoms with van der Waals surface area (Å²) in [7, 11) is 0. The van der Waals surface area contributed by atoms with Crippen molar-refractivity contribution in [3.05, 3.63) is 35.9 Å². The van der Waals surface area contributed by atoms with Crippen LogP contribution in [0.15, 0.2) is 35.4 Å². The molecule has 1 aromatic carbocycles. The van der Waals surface area contributed by atoms with Crippen LogP contribution in [-0.2, 0) is 11.2 Å². The molecule has 0 bridgehead atoms. The summed E-state index contributed by atoms with van der Waals surface area (Å²) in [5.74, 6) is 1.39. The van der Waals surface area contributed by atoms with Crippen LogP contribution in [0.2, 0.25) is 0 Å². The number of nitrogens with one attached hydrogen (secondary N) is 1. The molecule has 1 amide bonds. The third-order valence-electron chi connectivity index (χ3n) is 2.49. The molecule has 0 saturated heterocycles. The summed E-state index contributed by atoms with van der Waals surface area (Å²) in [5, 5.41) is 3.98. The molecule has 4 heteroatoms. The lowest BCUT2D eigenvalue weighted by atomic mass is 10.2. The van der Waals surface area contributed by atoms with Crippen LogP contribution < -0.4 is 5.43 Å². The van der Waals surface area contributed by atoms with Gasteiger partial charge in [-0.2, -0.15) is 16.9 Å². The molecule has 0 aliphatic heterocycles. The van der Waals surface area contributed by atoms with Crippen LogP contribution in [0.5, 0.6) is 0 Å². The van der Waals surface area contributed by atoms with E-state index in [1.54, 1.807) is 11.8 Å². The number of nitrogens with zero attached hydrogens (tertiary/aromatic N) is 1. The molecule has 18 heavy (non-hydrogen) atoms. The standard InChI is InChI=1S/C14H20N2OS/c1-3-12(2)15-16-14(17)11-18-10-9-13-7-5-4-6-8-13/h4-8H,3,9-11H2,1-2H3,(H,16,17)/b15-12-. The zero-order valence-corrected chi connectivity index (χ0v) is 11.8. The van der Waals surface area contributed by atoms with Crippen molar-refractivity contribution in [1.82, 2.24) is 5.43 Å². The Morgan fingerprint density at radius 2 is 2.06 bits per heavy atom. The average Bonchev–Trinajstić information content (AvgIpc) is 2.42. The molecule has 1 N–H and O–H groups in total. The zero-order valence-electron chi connectivity index (χ0n) is 11.0. The number of thioether (sulfide) groups is 1. The van der Waals surface area contributed by atoms with Gasteiger partial charge < -0.3 is 0 Å². The van der Waals surface area contributed by atoms with E-state index in [2.05, 4.69) is 22.7 Å². The highest BCUT2D eigenvalue weighted by Crippen LogP contribution is 2.06.